The second-order valence-electron chi connectivity index (χ2n) is 5.95. The second-order valence-corrected chi connectivity index (χ2v) is 5.95. The molecule has 3 aromatic rings. The van der Waals surface area contributed by atoms with Crippen LogP contribution in [-0.2, 0) is 0 Å². The SMILES string of the molecule is CNc1ccc(/C=C(\C#N)C(=O)c2c(C)[nH]c3ccccc23)cc1[N+](=O)[O-]. The summed E-state index contributed by atoms with van der Waals surface area (Å²) in [5, 5.41) is 24.2. The Balaban J connectivity index is 2.08. The molecule has 0 saturated heterocycles. The normalized spacial score (nSPS) is 11.2. The highest BCUT2D eigenvalue weighted by atomic mass is 16.6. The van der Waals surface area contributed by atoms with Gasteiger partial charge in [-0.25, -0.2) is 0 Å². The van der Waals surface area contributed by atoms with Gasteiger partial charge in [-0.2, -0.15) is 5.26 Å². The van der Waals surface area contributed by atoms with Crippen LogP contribution >= 0.6 is 0 Å². The number of carbonyl (C=O) groups excluding carboxylic acids is 1. The Hall–Kier alpha value is -3.92. The first kappa shape index (κ1) is 17.9. The van der Waals surface area contributed by atoms with E-state index in [0.717, 1.165) is 10.9 Å². The number of rotatable bonds is 5. The zero-order valence-corrected chi connectivity index (χ0v) is 14.7. The molecule has 0 radical (unpaired) electrons. The number of allylic oxidation sites excluding steroid dienone is 1. The van der Waals surface area contributed by atoms with Crippen molar-refractivity contribution < 1.29 is 9.72 Å². The quantitative estimate of drug-likeness (QED) is 0.233. The van der Waals surface area contributed by atoms with Crippen molar-refractivity contribution in [2.75, 3.05) is 12.4 Å². The Labute approximate surface area is 155 Å². The molecule has 0 saturated carbocycles. The molecule has 7 nitrogen and oxygen atoms in total. The fourth-order valence-electron chi connectivity index (χ4n) is 3.02. The molecule has 0 amide bonds. The Morgan fingerprint density at radius 1 is 1.30 bits per heavy atom. The van der Waals surface area contributed by atoms with Crippen LogP contribution in [0.2, 0.25) is 0 Å². The number of nitrogens with zero attached hydrogens (tertiary/aromatic N) is 2. The fraction of sp³-hybridized carbons (Fsp3) is 0.100. The molecule has 0 unspecified atom stereocenters. The highest BCUT2D eigenvalue weighted by molar-refractivity contribution is 6.20. The minimum Gasteiger partial charge on any atom is -0.383 e. The second kappa shape index (κ2) is 7.14. The molecule has 1 aromatic heterocycles. The first-order chi connectivity index (χ1) is 13.0. The number of benzene rings is 2. The number of anilines is 1. The molecule has 3 rings (SSSR count). The number of Topliss-reactive ketones (excluding diaryl/α,β-unsaturated/α-hetero) is 1. The van der Waals surface area contributed by atoms with Gasteiger partial charge >= 0.3 is 0 Å². The molecule has 27 heavy (non-hydrogen) atoms. The number of aromatic amines is 1. The first-order valence-electron chi connectivity index (χ1n) is 8.16. The van der Waals surface area contributed by atoms with Crippen LogP contribution in [0.4, 0.5) is 11.4 Å². The molecule has 7 heteroatoms. The minimum absolute atomic E-state index is 0.0886. The van der Waals surface area contributed by atoms with Gasteiger partial charge < -0.3 is 10.3 Å². The number of fused-ring (bicyclic) bond motifs is 1. The lowest BCUT2D eigenvalue weighted by Crippen LogP contribution is -2.03. The number of hydrogen-bond acceptors (Lipinski definition) is 5. The van der Waals surface area contributed by atoms with E-state index in [4.69, 9.17) is 0 Å². The number of nitrogens with one attached hydrogen (secondary N) is 2. The van der Waals surface area contributed by atoms with Crippen molar-refractivity contribution in [3.63, 3.8) is 0 Å². The van der Waals surface area contributed by atoms with E-state index in [0.29, 0.717) is 22.5 Å². The van der Waals surface area contributed by atoms with Gasteiger partial charge in [-0.3, -0.25) is 14.9 Å². The van der Waals surface area contributed by atoms with Crippen LogP contribution in [0.25, 0.3) is 17.0 Å². The third-order valence-electron chi connectivity index (χ3n) is 4.28. The molecule has 0 aliphatic heterocycles. The molecule has 2 N–H and O–H groups in total. The number of nitro benzene ring substituents is 1. The maximum atomic E-state index is 13.0. The van der Waals surface area contributed by atoms with E-state index in [1.54, 1.807) is 26.1 Å². The number of hydrogen-bond donors (Lipinski definition) is 2. The third kappa shape index (κ3) is 3.28. The van der Waals surface area contributed by atoms with E-state index < -0.39 is 10.7 Å². The van der Waals surface area contributed by atoms with Crippen LogP contribution in [0.1, 0.15) is 21.6 Å². The van der Waals surface area contributed by atoms with Gasteiger partial charge in [-0.05, 0) is 30.7 Å². The monoisotopic (exact) mass is 360 g/mol. The van der Waals surface area contributed by atoms with Crippen molar-refractivity contribution in [2.24, 2.45) is 0 Å². The summed E-state index contributed by atoms with van der Waals surface area (Å²) >= 11 is 0. The molecule has 0 aliphatic carbocycles. The maximum absolute atomic E-state index is 13.0. The highest BCUT2D eigenvalue weighted by Gasteiger charge is 2.20. The molecule has 0 aliphatic rings. The molecule has 1 heterocycles. The van der Waals surface area contributed by atoms with Crippen molar-refractivity contribution in [3.05, 3.63) is 75.0 Å². The van der Waals surface area contributed by atoms with Gasteiger partial charge in [-0.1, -0.05) is 24.3 Å². The average molecular weight is 360 g/mol. The van der Waals surface area contributed by atoms with Crippen molar-refractivity contribution in [1.29, 1.82) is 5.26 Å². The lowest BCUT2D eigenvalue weighted by atomic mass is 9.99. The smallest absolute Gasteiger partial charge is 0.292 e. The Morgan fingerprint density at radius 3 is 2.70 bits per heavy atom. The molecule has 2 aromatic carbocycles. The lowest BCUT2D eigenvalue weighted by Gasteiger charge is -2.04. The predicted molar refractivity (Wildman–Crippen MR) is 104 cm³/mol. The van der Waals surface area contributed by atoms with Gasteiger partial charge in [0, 0.05) is 29.7 Å². The number of H-pyrrole nitrogens is 1. The highest BCUT2D eigenvalue weighted by Crippen LogP contribution is 2.28. The minimum atomic E-state index is -0.513. The van der Waals surface area contributed by atoms with Crippen LogP contribution in [0.15, 0.2) is 48.0 Å². The Morgan fingerprint density at radius 2 is 2.04 bits per heavy atom. The molecule has 0 bridgehead atoms. The number of aryl methyl sites for hydroxylation is 1. The number of nitro groups is 1. The lowest BCUT2D eigenvalue weighted by molar-refractivity contribution is -0.383. The van der Waals surface area contributed by atoms with Crippen LogP contribution in [-0.4, -0.2) is 22.7 Å². The maximum Gasteiger partial charge on any atom is 0.292 e. The van der Waals surface area contributed by atoms with Crippen LogP contribution in [0.5, 0.6) is 0 Å². The van der Waals surface area contributed by atoms with Crippen molar-refractivity contribution in [1.82, 2.24) is 4.98 Å². The first-order valence-corrected chi connectivity index (χ1v) is 8.16. The predicted octanol–water partition coefficient (Wildman–Crippen LogP) is 4.22. The van der Waals surface area contributed by atoms with E-state index in [-0.39, 0.29) is 11.3 Å². The number of nitriles is 1. The molecular weight excluding hydrogens is 344 g/mol. The summed E-state index contributed by atoms with van der Waals surface area (Å²) in [7, 11) is 1.59. The number of para-hydroxylation sites is 1. The summed E-state index contributed by atoms with van der Waals surface area (Å²) in [5.74, 6) is -0.423. The summed E-state index contributed by atoms with van der Waals surface area (Å²) in [6.07, 6.45) is 1.37. The third-order valence-corrected chi connectivity index (χ3v) is 4.28. The summed E-state index contributed by atoms with van der Waals surface area (Å²) in [6.45, 7) is 1.77. The fourth-order valence-corrected chi connectivity index (χ4v) is 3.02. The molecular formula is C20H16N4O3. The molecule has 0 fully saturated rings. The van der Waals surface area contributed by atoms with E-state index >= 15 is 0 Å². The van der Waals surface area contributed by atoms with Crippen molar-refractivity contribution in [3.8, 4) is 6.07 Å². The molecule has 134 valence electrons. The van der Waals surface area contributed by atoms with Crippen molar-refractivity contribution in [2.45, 2.75) is 6.92 Å². The largest absolute Gasteiger partial charge is 0.383 e. The van der Waals surface area contributed by atoms with Gasteiger partial charge in [0.2, 0.25) is 5.78 Å². The molecule has 0 atom stereocenters. The van der Waals surface area contributed by atoms with Gasteiger partial charge in [0.25, 0.3) is 5.69 Å². The Kier molecular flexibility index (Phi) is 4.73. The molecule has 0 spiro atoms. The summed E-state index contributed by atoms with van der Waals surface area (Å²) in [5.41, 5.74) is 2.45. The topological polar surface area (TPSA) is 112 Å². The van der Waals surface area contributed by atoms with Crippen LogP contribution in [0.3, 0.4) is 0 Å². The average Bonchev–Trinajstić information content (AvgIpc) is 3.00. The number of ketones is 1. The van der Waals surface area contributed by atoms with Gasteiger partial charge in [0.05, 0.1) is 10.5 Å². The van der Waals surface area contributed by atoms with Gasteiger partial charge in [0.15, 0.2) is 0 Å². The zero-order valence-electron chi connectivity index (χ0n) is 14.7. The van der Waals surface area contributed by atoms with E-state index in [1.165, 1.54) is 12.1 Å². The summed E-state index contributed by atoms with van der Waals surface area (Å²) < 4.78 is 0. The van der Waals surface area contributed by atoms with Gasteiger partial charge in [0.1, 0.15) is 17.3 Å². The van der Waals surface area contributed by atoms with Gasteiger partial charge in [-0.15, -0.1) is 0 Å². The van der Waals surface area contributed by atoms with E-state index in [2.05, 4.69) is 10.3 Å². The number of carbonyl (C=O) groups is 1. The van der Waals surface area contributed by atoms with Crippen molar-refractivity contribution >= 4 is 34.1 Å². The standard InChI is InChI=1S/C20H16N4O3/c1-12-19(15-5-3-4-6-16(15)23-12)20(25)14(11-21)9-13-7-8-17(22-2)18(10-13)24(26)27/h3-10,22-23H,1-2H3/b14-9+. The Bertz CT molecular complexity index is 1140. The van der Waals surface area contributed by atoms with E-state index in [9.17, 15) is 20.2 Å². The summed E-state index contributed by atoms with van der Waals surface area (Å²) in [4.78, 5) is 26.8. The van der Waals surface area contributed by atoms with E-state index in [1.807, 2.05) is 30.3 Å². The van der Waals surface area contributed by atoms with Crippen LogP contribution in [0, 0.1) is 28.4 Å². The van der Waals surface area contributed by atoms with Crippen LogP contribution < -0.4 is 5.32 Å². The number of aromatic nitrogens is 1. The zero-order chi connectivity index (χ0) is 19.6. The summed E-state index contributed by atoms with van der Waals surface area (Å²) in [6, 6.07) is 13.8.